The van der Waals surface area contributed by atoms with Crippen molar-refractivity contribution in [2.75, 3.05) is 0 Å². The first-order valence-electron chi connectivity index (χ1n) is 8.69. The highest BCUT2D eigenvalue weighted by Gasteiger charge is 2.23. The molecular weight excluding hydrogens is 336 g/mol. The van der Waals surface area contributed by atoms with Crippen LogP contribution in [0.5, 0.6) is 0 Å². The highest BCUT2D eigenvalue weighted by molar-refractivity contribution is 7.13. The summed E-state index contributed by atoms with van der Waals surface area (Å²) < 4.78 is 0. The molecule has 3 N–H and O–H groups in total. The van der Waals surface area contributed by atoms with Gasteiger partial charge in [-0.25, -0.2) is 0 Å². The van der Waals surface area contributed by atoms with Gasteiger partial charge in [-0.2, -0.15) is 0 Å². The van der Waals surface area contributed by atoms with Crippen molar-refractivity contribution in [1.29, 1.82) is 0 Å². The maximum Gasteiger partial charge on any atom is 0.282 e. The van der Waals surface area contributed by atoms with Gasteiger partial charge in [0.2, 0.25) is 5.01 Å². The molecule has 1 aliphatic carbocycles. The van der Waals surface area contributed by atoms with Crippen LogP contribution in [0.15, 0.2) is 24.3 Å². The number of aryl methyl sites for hydroxylation is 1. The fourth-order valence-electron chi connectivity index (χ4n) is 2.95. The molecule has 0 radical (unpaired) electrons. The van der Waals surface area contributed by atoms with Crippen LogP contribution in [-0.4, -0.2) is 33.4 Å². The minimum Gasteiger partial charge on any atom is -0.392 e. The maximum absolute atomic E-state index is 12.2. The van der Waals surface area contributed by atoms with Gasteiger partial charge in [-0.3, -0.25) is 4.79 Å². The molecule has 1 aliphatic rings. The third-order valence-corrected chi connectivity index (χ3v) is 5.40. The molecule has 1 heterocycles. The van der Waals surface area contributed by atoms with Crippen molar-refractivity contribution in [2.24, 2.45) is 0 Å². The number of benzene rings is 1. The quantitative estimate of drug-likeness (QED) is 0.735. The summed E-state index contributed by atoms with van der Waals surface area (Å²) in [5.41, 5.74) is 2.25. The molecule has 0 spiro atoms. The fraction of sp³-hybridized carbons (Fsp3) is 0.500. The fourth-order valence-corrected chi connectivity index (χ4v) is 3.66. The van der Waals surface area contributed by atoms with Crippen molar-refractivity contribution in [1.82, 2.24) is 20.8 Å². The predicted molar refractivity (Wildman–Crippen MR) is 97.4 cm³/mol. The minimum absolute atomic E-state index is 0.108. The number of amides is 1. The van der Waals surface area contributed by atoms with E-state index in [0.717, 1.165) is 36.3 Å². The van der Waals surface area contributed by atoms with E-state index in [2.05, 4.69) is 20.8 Å². The number of hydrogen-bond donors (Lipinski definition) is 3. The topological polar surface area (TPSA) is 87.1 Å². The van der Waals surface area contributed by atoms with E-state index in [1.165, 1.54) is 16.9 Å². The SMILES string of the molecule is Cc1ccc(CNC(=O)c2nnc(CN[C@H]3CCCC[C@H]3O)s2)cc1. The number of nitrogens with one attached hydrogen (secondary N) is 2. The lowest BCUT2D eigenvalue weighted by Crippen LogP contribution is -2.41. The third-order valence-electron chi connectivity index (χ3n) is 4.48. The van der Waals surface area contributed by atoms with Crippen LogP contribution in [0.4, 0.5) is 0 Å². The van der Waals surface area contributed by atoms with E-state index < -0.39 is 0 Å². The van der Waals surface area contributed by atoms with Gasteiger partial charge in [0.15, 0.2) is 0 Å². The second-order valence-corrected chi connectivity index (χ2v) is 7.57. The molecule has 1 aromatic heterocycles. The van der Waals surface area contributed by atoms with E-state index in [1.807, 2.05) is 31.2 Å². The lowest BCUT2D eigenvalue weighted by molar-refractivity contribution is 0.0902. The molecule has 3 rings (SSSR count). The van der Waals surface area contributed by atoms with Crippen LogP contribution in [0.25, 0.3) is 0 Å². The number of carbonyl (C=O) groups excluding carboxylic acids is 1. The van der Waals surface area contributed by atoms with Gasteiger partial charge in [-0.15, -0.1) is 10.2 Å². The Morgan fingerprint density at radius 3 is 2.72 bits per heavy atom. The molecule has 1 fully saturated rings. The van der Waals surface area contributed by atoms with Crippen LogP contribution in [-0.2, 0) is 13.1 Å². The first kappa shape index (κ1) is 18.0. The molecule has 2 atom stereocenters. The zero-order valence-electron chi connectivity index (χ0n) is 14.4. The second-order valence-electron chi connectivity index (χ2n) is 6.51. The van der Waals surface area contributed by atoms with Crippen molar-refractivity contribution in [3.63, 3.8) is 0 Å². The lowest BCUT2D eigenvalue weighted by atomic mass is 9.93. The van der Waals surface area contributed by atoms with Gasteiger partial charge < -0.3 is 15.7 Å². The van der Waals surface area contributed by atoms with E-state index in [4.69, 9.17) is 0 Å². The van der Waals surface area contributed by atoms with E-state index >= 15 is 0 Å². The zero-order valence-corrected chi connectivity index (χ0v) is 15.2. The molecule has 25 heavy (non-hydrogen) atoms. The molecule has 0 saturated heterocycles. The van der Waals surface area contributed by atoms with E-state index in [9.17, 15) is 9.90 Å². The smallest absolute Gasteiger partial charge is 0.282 e. The zero-order chi connectivity index (χ0) is 17.6. The minimum atomic E-state index is -0.293. The summed E-state index contributed by atoms with van der Waals surface area (Å²) in [4.78, 5) is 12.2. The van der Waals surface area contributed by atoms with Gasteiger partial charge in [-0.1, -0.05) is 54.0 Å². The van der Waals surface area contributed by atoms with Gasteiger partial charge in [0.05, 0.1) is 12.6 Å². The van der Waals surface area contributed by atoms with Gasteiger partial charge in [0.25, 0.3) is 5.91 Å². The van der Waals surface area contributed by atoms with Gasteiger partial charge in [0, 0.05) is 12.6 Å². The van der Waals surface area contributed by atoms with Crippen LogP contribution >= 0.6 is 11.3 Å². The molecule has 1 aromatic carbocycles. The monoisotopic (exact) mass is 360 g/mol. The van der Waals surface area contributed by atoms with E-state index in [0.29, 0.717) is 18.1 Å². The van der Waals surface area contributed by atoms with Crippen LogP contribution < -0.4 is 10.6 Å². The molecule has 7 heteroatoms. The molecule has 1 saturated carbocycles. The van der Waals surface area contributed by atoms with Crippen LogP contribution in [0, 0.1) is 6.92 Å². The molecule has 0 bridgehead atoms. The number of nitrogens with zero attached hydrogens (tertiary/aromatic N) is 2. The molecule has 1 amide bonds. The molecule has 2 aromatic rings. The summed E-state index contributed by atoms with van der Waals surface area (Å²) in [6.45, 7) is 3.04. The molecule has 0 unspecified atom stereocenters. The first-order valence-corrected chi connectivity index (χ1v) is 9.51. The normalized spacial score (nSPS) is 20.4. The van der Waals surface area contributed by atoms with Gasteiger partial charge >= 0.3 is 0 Å². The van der Waals surface area contributed by atoms with Crippen molar-refractivity contribution >= 4 is 17.2 Å². The van der Waals surface area contributed by atoms with E-state index in [-0.39, 0.29) is 18.1 Å². The Bertz CT molecular complexity index is 701. The number of carbonyl (C=O) groups is 1. The van der Waals surface area contributed by atoms with Crippen LogP contribution in [0.1, 0.15) is 51.6 Å². The predicted octanol–water partition coefficient (Wildman–Crippen LogP) is 2.17. The summed E-state index contributed by atoms with van der Waals surface area (Å²) >= 11 is 1.29. The Hall–Kier alpha value is -1.83. The Labute approximate surface area is 151 Å². The highest BCUT2D eigenvalue weighted by atomic mass is 32.1. The number of aliphatic hydroxyl groups is 1. The Morgan fingerprint density at radius 2 is 1.96 bits per heavy atom. The summed E-state index contributed by atoms with van der Waals surface area (Å²) in [5, 5.41) is 25.4. The second kappa shape index (κ2) is 8.51. The summed E-state index contributed by atoms with van der Waals surface area (Å²) in [6, 6.07) is 8.16. The highest BCUT2D eigenvalue weighted by Crippen LogP contribution is 2.19. The van der Waals surface area contributed by atoms with Crippen LogP contribution in [0.3, 0.4) is 0 Å². The number of aromatic nitrogens is 2. The Morgan fingerprint density at radius 1 is 1.20 bits per heavy atom. The van der Waals surface area contributed by atoms with Crippen molar-refractivity contribution in [2.45, 2.75) is 57.8 Å². The molecule has 6 nitrogen and oxygen atoms in total. The largest absolute Gasteiger partial charge is 0.392 e. The number of rotatable bonds is 6. The third kappa shape index (κ3) is 5.07. The number of aliphatic hydroxyl groups excluding tert-OH is 1. The molecule has 0 aliphatic heterocycles. The Balaban J connectivity index is 1.48. The van der Waals surface area contributed by atoms with Crippen molar-refractivity contribution < 1.29 is 9.90 Å². The Kier molecular flexibility index (Phi) is 6.12. The summed E-state index contributed by atoms with van der Waals surface area (Å²) in [6.07, 6.45) is 3.75. The van der Waals surface area contributed by atoms with Gasteiger partial charge in [0.1, 0.15) is 5.01 Å². The maximum atomic E-state index is 12.2. The first-order chi connectivity index (χ1) is 12.1. The standard InChI is InChI=1S/C18H24N4O2S/c1-12-6-8-13(9-7-12)10-20-17(24)18-22-21-16(25-18)11-19-14-4-2-3-5-15(14)23/h6-9,14-15,19,23H,2-5,10-11H2,1H3,(H,20,24)/t14-,15+/m0/s1. The molecule has 134 valence electrons. The van der Waals surface area contributed by atoms with Crippen molar-refractivity contribution in [3.8, 4) is 0 Å². The van der Waals surface area contributed by atoms with Crippen molar-refractivity contribution in [3.05, 3.63) is 45.4 Å². The van der Waals surface area contributed by atoms with Crippen LogP contribution in [0.2, 0.25) is 0 Å². The average molecular weight is 360 g/mol. The average Bonchev–Trinajstić information content (AvgIpc) is 3.09. The molecular formula is C18H24N4O2S. The van der Waals surface area contributed by atoms with Gasteiger partial charge in [-0.05, 0) is 25.3 Å². The lowest BCUT2D eigenvalue weighted by Gasteiger charge is -2.28. The van der Waals surface area contributed by atoms with E-state index in [1.54, 1.807) is 0 Å². The summed E-state index contributed by atoms with van der Waals surface area (Å²) in [7, 11) is 0. The number of hydrogen-bond acceptors (Lipinski definition) is 6. The summed E-state index contributed by atoms with van der Waals surface area (Å²) in [5.74, 6) is -0.206.